The van der Waals surface area contributed by atoms with E-state index in [-0.39, 0.29) is 5.97 Å². The van der Waals surface area contributed by atoms with Gasteiger partial charge in [-0.15, -0.1) is 0 Å². The van der Waals surface area contributed by atoms with Crippen LogP contribution in [0.15, 0.2) is 46.9 Å². The molecule has 0 fully saturated rings. The van der Waals surface area contributed by atoms with E-state index in [1.54, 1.807) is 6.07 Å². The fraction of sp³-hybridized carbons (Fsp3) is 0.235. The van der Waals surface area contributed by atoms with Gasteiger partial charge in [0.1, 0.15) is 12.4 Å². The maximum Gasteiger partial charge on any atom is 0.340 e. The monoisotopic (exact) mass is 363 g/mol. The minimum absolute atomic E-state index is 0.372. The molecule has 0 amide bonds. The maximum atomic E-state index is 11.8. The fourth-order valence-electron chi connectivity index (χ4n) is 2.01. The molecule has 4 nitrogen and oxygen atoms in total. The number of para-hydroxylation sites is 1. The molecule has 0 unspecified atom stereocenters. The molecule has 0 bridgehead atoms. The van der Waals surface area contributed by atoms with E-state index in [1.807, 2.05) is 43.3 Å². The van der Waals surface area contributed by atoms with Gasteiger partial charge >= 0.3 is 5.97 Å². The van der Waals surface area contributed by atoms with Crippen molar-refractivity contribution in [2.45, 2.75) is 6.92 Å². The highest BCUT2D eigenvalue weighted by Crippen LogP contribution is 2.22. The molecule has 0 saturated heterocycles. The topological polar surface area (TPSA) is 47.6 Å². The first-order valence-corrected chi connectivity index (χ1v) is 7.71. The number of aryl methyl sites for hydroxylation is 1. The molecule has 2 aromatic rings. The van der Waals surface area contributed by atoms with Crippen LogP contribution >= 0.6 is 15.9 Å². The summed E-state index contributed by atoms with van der Waals surface area (Å²) in [6.45, 7) is 3.09. The Morgan fingerprint density at radius 2 is 2.00 bits per heavy atom. The zero-order valence-electron chi connectivity index (χ0n) is 12.6. The Labute approximate surface area is 138 Å². The molecule has 0 spiro atoms. The van der Waals surface area contributed by atoms with Gasteiger partial charge in [-0.2, -0.15) is 0 Å². The first kappa shape index (κ1) is 16.4. The third-order valence-electron chi connectivity index (χ3n) is 3.16. The zero-order valence-corrected chi connectivity index (χ0v) is 14.1. The molecule has 0 aliphatic heterocycles. The maximum absolute atomic E-state index is 11.8. The van der Waals surface area contributed by atoms with Gasteiger partial charge in [-0.3, -0.25) is 0 Å². The molecule has 2 aromatic carbocycles. The van der Waals surface area contributed by atoms with E-state index in [4.69, 9.17) is 9.47 Å². The number of hydrogen-bond acceptors (Lipinski definition) is 4. The average molecular weight is 364 g/mol. The summed E-state index contributed by atoms with van der Waals surface area (Å²) >= 11 is 3.35. The van der Waals surface area contributed by atoms with E-state index in [2.05, 4.69) is 21.2 Å². The Balaban J connectivity index is 1.95. The Morgan fingerprint density at radius 1 is 1.23 bits per heavy atom. The number of methoxy groups -OCH3 is 1. The van der Waals surface area contributed by atoms with Crippen molar-refractivity contribution in [2.75, 3.05) is 25.6 Å². The van der Waals surface area contributed by atoms with Gasteiger partial charge in [0.15, 0.2) is 0 Å². The molecule has 0 atom stereocenters. The predicted octanol–water partition coefficient (Wildman–Crippen LogP) is 4.04. The Bertz CT molecular complexity index is 658. The van der Waals surface area contributed by atoms with Crippen LogP contribution in [0.3, 0.4) is 0 Å². The molecule has 0 radical (unpaired) electrons. The van der Waals surface area contributed by atoms with Gasteiger partial charge in [-0.25, -0.2) is 4.79 Å². The van der Waals surface area contributed by atoms with Crippen LogP contribution < -0.4 is 10.1 Å². The van der Waals surface area contributed by atoms with Crippen LogP contribution in [0, 0.1) is 6.92 Å². The van der Waals surface area contributed by atoms with Crippen LogP contribution in [0.2, 0.25) is 0 Å². The summed E-state index contributed by atoms with van der Waals surface area (Å²) in [6.07, 6.45) is 0. The van der Waals surface area contributed by atoms with Crippen molar-refractivity contribution in [1.82, 2.24) is 0 Å². The van der Waals surface area contributed by atoms with Crippen molar-refractivity contribution in [1.29, 1.82) is 0 Å². The molecule has 22 heavy (non-hydrogen) atoms. The average Bonchev–Trinajstić information content (AvgIpc) is 2.53. The second kappa shape index (κ2) is 7.84. The third-order valence-corrected chi connectivity index (χ3v) is 3.65. The van der Waals surface area contributed by atoms with Gasteiger partial charge in [0.2, 0.25) is 0 Å². The molecule has 5 heteroatoms. The van der Waals surface area contributed by atoms with Crippen molar-refractivity contribution >= 4 is 27.6 Å². The lowest BCUT2D eigenvalue weighted by atomic mass is 10.2. The first-order valence-electron chi connectivity index (χ1n) is 6.92. The van der Waals surface area contributed by atoms with Crippen LogP contribution in [0.5, 0.6) is 5.75 Å². The van der Waals surface area contributed by atoms with Crippen molar-refractivity contribution < 1.29 is 14.3 Å². The molecule has 0 aliphatic carbocycles. The summed E-state index contributed by atoms with van der Waals surface area (Å²) in [7, 11) is 1.37. The number of rotatable bonds is 6. The quantitative estimate of drug-likeness (QED) is 0.621. The summed E-state index contributed by atoms with van der Waals surface area (Å²) in [4.78, 5) is 11.8. The van der Waals surface area contributed by atoms with E-state index in [9.17, 15) is 4.79 Å². The second-order valence-corrected chi connectivity index (χ2v) is 5.64. The summed E-state index contributed by atoms with van der Waals surface area (Å²) < 4.78 is 11.3. The van der Waals surface area contributed by atoms with E-state index in [0.29, 0.717) is 18.7 Å². The highest BCUT2D eigenvalue weighted by atomic mass is 79.9. The molecule has 0 aliphatic rings. The predicted molar refractivity (Wildman–Crippen MR) is 90.6 cm³/mol. The van der Waals surface area contributed by atoms with E-state index in [0.717, 1.165) is 21.5 Å². The molecular weight excluding hydrogens is 346 g/mol. The van der Waals surface area contributed by atoms with Crippen molar-refractivity contribution in [3.63, 3.8) is 0 Å². The molecule has 0 saturated carbocycles. The number of esters is 1. The summed E-state index contributed by atoms with van der Waals surface area (Å²) in [6, 6.07) is 13.3. The molecule has 0 aromatic heterocycles. The molecule has 2 rings (SSSR count). The normalized spacial score (nSPS) is 10.1. The SMILES string of the molecule is COC(=O)c1cc(Br)ccc1NCCOc1ccccc1C. The number of hydrogen-bond donors (Lipinski definition) is 1. The fourth-order valence-corrected chi connectivity index (χ4v) is 2.38. The molecule has 116 valence electrons. The molecule has 0 heterocycles. The smallest absolute Gasteiger partial charge is 0.340 e. The number of anilines is 1. The highest BCUT2D eigenvalue weighted by molar-refractivity contribution is 9.10. The Morgan fingerprint density at radius 3 is 2.73 bits per heavy atom. The van der Waals surface area contributed by atoms with Gasteiger partial charge in [0.25, 0.3) is 0 Å². The Hall–Kier alpha value is -2.01. The van der Waals surface area contributed by atoms with E-state index < -0.39 is 0 Å². The number of carbonyl (C=O) groups excluding carboxylic acids is 1. The summed E-state index contributed by atoms with van der Waals surface area (Å²) in [5.41, 5.74) is 2.32. The van der Waals surface area contributed by atoms with Crippen LogP contribution in [-0.4, -0.2) is 26.2 Å². The first-order chi connectivity index (χ1) is 10.6. The number of halogens is 1. The van der Waals surface area contributed by atoms with Gasteiger partial charge in [-0.05, 0) is 36.8 Å². The van der Waals surface area contributed by atoms with Crippen LogP contribution in [0.1, 0.15) is 15.9 Å². The second-order valence-electron chi connectivity index (χ2n) is 4.72. The lowest BCUT2D eigenvalue weighted by molar-refractivity contribution is 0.0601. The minimum atomic E-state index is -0.372. The number of benzene rings is 2. The van der Waals surface area contributed by atoms with Gasteiger partial charge in [-0.1, -0.05) is 34.1 Å². The Kier molecular flexibility index (Phi) is 5.83. The van der Waals surface area contributed by atoms with Crippen LogP contribution in [-0.2, 0) is 4.74 Å². The lowest BCUT2D eigenvalue weighted by Gasteiger charge is -2.13. The standard InChI is InChI=1S/C17H18BrNO3/c1-12-5-3-4-6-16(12)22-10-9-19-15-8-7-13(18)11-14(15)17(20)21-2/h3-8,11,19H,9-10H2,1-2H3. The number of nitrogens with one attached hydrogen (secondary N) is 1. The van der Waals surface area contributed by atoms with Gasteiger partial charge in [0.05, 0.1) is 12.7 Å². The van der Waals surface area contributed by atoms with Gasteiger partial charge < -0.3 is 14.8 Å². The van der Waals surface area contributed by atoms with E-state index >= 15 is 0 Å². The minimum Gasteiger partial charge on any atom is -0.491 e. The zero-order chi connectivity index (χ0) is 15.9. The van der Waals surface area contributed by atoms with Gasteiger partial charge in [0, 0.05) is 16.7 Å². The molecular formula is C17H18BrNO3. The van der Waals surface area contributed by atoms with Crippen molar-refractivity contribution in [3.8, 4) is 5.75 Å². The highest BCUT2D eigenvalue weighted by Gasteiger charge is 2.12. The largest absolute Gasteiger partial charge is 0.491 e. The number of carbonyl (C=O) groups is 1. The summed E-state index contributed by atoms with van der Waals surface area (Å²) in [5, 5.41) is 3.20. The van der Waals surface area contributed by atoms with E-state index in [1.165, 1.54) is 7.11 Å². The lowest BCUT2D eigenvalue weighted by Crippen LogP contribution is -2.14. The summed E-state index contributed by atoms with van der Waals surface area (Å²) in [5.74, 6) is 0.497. The van der Waals surface area contributed by atoms with Crippen LogP contribution in [0.4, 0.5) is 5.69 Å². The van der Waals surface area contributed by atoms with Crippen LogP contribution in [0.25, 0.3) is 0 Å². The number of ether oxygens (including phenoxy) is 2. The van der Waals surface area contributed by atoms with Crippen molar-refractivity contribution in [3.05, 3.63) is 58.1 Å². The molecule has 1 N–H and O–H groups in total. The van der Waals surface area contributed by atoms with Crippen molar-refractivity contribution in [2.24, 2.45) is 0 Å². The third kappa shape index (κ3) is 4.24.